The minimum absolute atomic E-state index is 0.0509. The lowest BCUT2D eigenvalue weighted by molar-refractivity contribution is 0.314. The SMILES string of the molecule is CCOc1cccc(C2(N)CC2(C)C)c1O. The summed E-state index contributed by atoms with van der Waals surface area (Å²) in [6.45, 7) is 6.66. The Balaban J connectivity index is 2.40. The van der Waals surface area contributed by atoms with Crippen molar-refractivity contribution < 1.29 is 9.84 Å². The van der Waals surface area contributed by atoms with Crippen LogP contribution in [0, 0.1) is 5.41 Å². The van der Waals surface area contributed by atoms with Crippen LogP contribution in [0.4, 0.5) is 0 Å². The molecule has 0 aromatic heterocycles. The molecule has 1 aliphatic carbocycles. The molecule has 1 aromatic carbocycles. The van der Waals surface area contributed by atoms with Crippen LogP contribution in [0.15, 0.2) is 18.2 Å². The molecule has 0 aliphatic heterocycles. The van der Waals surface area contributed by atoms with Crippen molar-refractivity contribution in [3.63, 3.8) is 0 Å². The molecule has 16 heavy (non-hydrogen) atoms. The maximum Gasteiger partial charge on any atom is 0.162 e. The molecule has 88 valence electrons. The average Bonchev–Trinajstić information content (AvgIpc) is 2.71. The summed E-state index contributed by atoms with van der Waals surface area (Å²) in [4.78, 5) is 0. The molecule has 1 aliphatic rings. The molecule has 0 bridgehead atoms. The highest BCUT2D eigenvalue weighted by atomic mass is 16.5. The molecule has 1 fully saturated rings. The molecule has 0 saturated heterocycles. The Bertz CT molecular complexity index is 414. The number of aromatic hydroxyl groups is 1. The molecule has 3 nitrogen and oxygen atoms in total. The van der Waals surface area contributed by atoms with Crippen molar-refractivity contribution >= 4 is 0 Å². The van der Waals surface area contributed by atoms with Gasteiger partial charge in [-0.25, -0.2) is 0 Å². The fourth-order valence-corrected chi connectivity index (χ4v) is 2.27. The molecule has 1 aromatic rings. The van der Waals surface area contributed by atoms with Gasteiger partial charge >= 0.3 is 0 Å². The molecule has 0 amide bonds. The summed E-state index contributed by atoms with van der Waals surface area (Å²) in [6, 6.07) is 5.52. The van der Waals surface area contributed by atoms with Crippen molar-refractivity contribution in [3.8, 4) is 11.5 Å². The monoisotopic (exact) mass is 221 g/mol. The smallest absolute Gasteiger partial charge is 0.162 e. The first kappa shape index (κ1) is 11.3. The van der Waals surface area contributed by atoms with Crippen molar-refractivity contribution in [1.82, 2.24) is 0 Å². The summed E-state index contributed by atoms with van der Waals surface area (Å²) in [5.41, 5.74) is 6.73. The molecular formula is C13H19NO2. The van der Waals surface area contributed by atoms with E-state index in [1.807, 2.05) is 19.1 Å². The molecule has 2 rings (SSSR count). The van der Waals surface area contributed by atoms with Crippen molar-refractivity contribution in [2.24, 2.45) is 11.1 Å². The summed E-state index contributed by atoms with van der Waals surface area (Å²) >= 11 is 0. The van der Waals surface area contributed by atoms with Gasteiger partial charge in [-0.15, -0.1) is 0 Å². The summed E-state index contributed by atoms with van der Waals surface area (Å²) in [5, 5.41) is 10.1. The van der Waals surface area contributed by atoms with Gasteiger partial charge < -0.3 is 15.6 Å². The number of hydrogen-bond donors (Lipinski definition) is 2. The molecule has 1 unspecified atom stereocenters. The van der Waals surface area contributed by atoms with Crippen LogP contribution in [0.3, 0.4) is 0 Å². The van der Waals surface area contributed by atoms with Gasteiger partial charge in [-0.05, 0) is 24.8 Å². The third kappa shape index (κ3) is 1.47. The van der Waals surface area contributed by atoms with Gasteiger partial charge in [0.1, 0.15) is 0 Å². The fourth-order valence-electron chi connectivity index (χ4n) is 2.27. The van der Waals surface area contributed by atoms with E-state index in [4.69, 9.17) is 10.5 Å². The lowest BCUT2D eigenvalue weighted by Crippen LogP contribution is -2.25. The fraction of sp³-hybridized carbons (Fsp3) is 0.538. The molecule has 3 N–H and O–H groups in total. The topological polar surface area (TPSA) is 55.5 Å². The van der Waals surface area contributed by atoms with E-state index in [0.717, 1.165) is 12.0 Å². The number of hydrogen-bond acceptors (Lipinski definition) is 3. The van der Waals surface area contributed by atoms with E-state index in [2.05, 4.69) is 13.8 Å². The maximum absolute atomic E-state index is 10.1. The minimum Gasteiger partial charge on any atom is -0.504 e. The van der Waals surface area contributed by atoms with Gasteiger partial charge in [0.05, 0.1) is 12.1 Å². The zero-order valence-corrected chi connectivity index (χ0v) is 10.1. The molecule has 1 atom stereocenters. The Kier molecular flexibility index (Phi) is 2.39. The Morgan fingerprint density at radius 3 is 2.56 bits per heavy atom. The van der Waals surface area contributed by atoms with E-state index in [9.17, 15) is 5.11 Å². The van der Waals surface area contributed by atoms with E-state index in [0.29, 0.717) is 12.4 Å². The molecule has 3 heteroatoms. The number of ether oxygens (including phenoxy) is 1. The first-order valence-electron chi connectivity index (χ1n) is 5.66. The Morgan fingerprint density at radius 2 is 2.06 bits per heavy atom. The van der Waals surface area contributed by atoms with Crippen LogP contribution in [0.25, 0.3) is 0 Å². The van der Waals surface area contributed by atoms with E-state index < -0.39 is 5.54 Å². The second kappa shape index (κ2) is 3.39. The van der Waals surface area contributed by atoms with Crippen LogP contribution in [0.5, 0.6) is 11.5 Å². The lowest BCUT2D eigenvalue weighted by atomic mass is 9.96. The standard InChI is InChI=1S/C13H19NO2/c1-4-16-10-7-5-6-9(11(10)15)13(14)8-12(13,2)3/h5-7,15H,4,8,14H2,1-3H3. The molecule has 0 heterocycles. The van der Waals surface area contributed by atoms with Crippen molar-refractivity contribution in [2.75, 3.05) is 6.61 Å². The zero-order chi connectivity index (χ0) is 12.0. The van der Waals surface area contributed by atoms with Gasteiger partial charge in [0, 0.05) is 5.56 Å². The third-order valence-electron chi connectivity index (χ3n) is 3.58. The predicted octanol–water partition coefficient (Wildman–Crippen LogP) is 2.37. The first-order valence-corrected chi connectivity index (χ1v) is 5.66. The summed E-state index contributed by atoms with van der Waals surface area (Å²) in [6.07, 6.45) is 0.892. The van der Waals surface area contributed by atoms with Crippen molar-refractivity contribution in [2.45, 2.75) is 32.7 Å². The Labute approximate surface area is 96.2 Å². The number of para-hydroxylation sites is 1. The number of phenols is 1. The molecule has 0 spiro atoms. The largest absolute Gasteiger partial charge is 0.504 e. The number of rotatable bonds is 3. The normalized spacial score (nSPS) is 26.5. The van der Waals surface area contributed by atoms with Gasteiger partial charge in [0.15, 0.2) is 11.5 Å². The van der Waals surface area contributed by atoms with Gasteiger partial charge in [-0.1, -0.05) is 26.0 Å². The molecule has 0 radical (unpaired) electrons. The van der Waals surface area contributed by atoms with Gasteiger partial charge in [0.25, 0.3) is 0 Å². The lowest BCUT2D eigenvalue weighted by Gasteiger charge is -2.18. The molecular weight excluding hydrogens is 202 g/mol. The number of phenolic OH excluding ortho intramolecular Hbond substituents is 1. The van der Waals surface area contributed by atoms with E-state index in [1.54, 1.807) is 6.07 Å². The van der Waals surface area contributed by atoms with E-state index in [1.165, 1.54) is 0 Å². The summed E-state index contributed by atoms with van der Waals surface area (Å²) in [7, 11) is 0. The zero-order valence-electron chi connectivity index (χ0n) is 10.1. The Hall–Kier alpha value is -1.22. The average molecular weight is 221 g/mol. The van der Waals surface area contributed by atoms with Crippen LogP contribution < -0.4 is 10.5 Å². The molecule has 1 saturated carbocycles. The minimum atomic E-state index is -0.413. The van der Waals surface area contributed by atoms with Crippen LogP contribution in [0.2, 0.25) is 0 Å². The highest BCUT2D eigenvalue weighted by Crippen LogP contribution is 2.62. The van der Waals surface area contributed by atoms with Crippen LogP contribution in [-0.2, 0) is 5.54 Å². The van der Waals surface area contributed by atoms with Gasteiger partial charge in [-0.2, -0.15) is 0 Å². The second-order valence-corrected chi connectivity index (χ2v) is 5.12. The van der Waals surface area contributed by atoms with Crippen molar-refractivity contribution in [1.29, 1.82) is 0 Å². The van der Waals surface area contributed by atoms with Crippen LogP contribution >= 0.6 is 0 Å². The predicted molar refractivity (Wildman–Crippen MR) is 63.5 cm³/mol. The van der Waals surface area contributed by atoms with Crippen LogP contribution in [-0.4, -0.2) is 11.7 Å². The maximum atomic E-state index is 10.1. The summed E-state index contributed by atoms with van der Waals surface area (Å²) in [5.74, 6) is 0.713. The highest BCUT2D eigenvalue weighted by Gasteiger charge is 2.60. The highest BCUT2D eigenvalue weighted by molar-refractivity contribution is 5.52. The summed E-state index contributed by atoms with van der Waals surface area (Å²) < 4.78 is 5.36. The third-order valence-corrected chi connectivity index (χ3v) is 3.58. The second-order valence-electron chi connectivity index (χ2n) is 5.12. The first-order chi connectivity index (χ1) is 7.42. The van der Waals surface area contributed by atoms with E-state index in [-0.39, 0.29) is 11.2 Å². The van der Waals surface area contributed by atoms with Gasteiger partial charge in [-0.3, -0.25) is 0 Å². The van der Waals surface area contributed by atoms with Crippen LogP contribution in [0.1, 0.15) is 32.8 Å². The van der Waals surface area contributed by atoms with Crippen molar-refractivity contribution in [3.05, 3.63) is 23.8 Å². The van der Waals surface area contributed by atoms with E-state index >= 15 is 0 Å². The van der Waals surface area contributed by atoms with Gasteiger partial charge in [0.2, 0.25) is 0 Å². The number of benzene rings is 1. The Morgan fingerprint density at radius 1 is 1.44 bits per heavy atom. The quantitative estimate of drug-likeness (QED) is 0.824. The number of nitrogens with two attached hydrogens (primary N) is 1.